The molecule has 0 bridgehead atoms. The molecule has 186 valence electrons. The van der Waals surface area contributed by atoms with Gasteiger partial charge >= 0.3 is 5.69 Å². The third kappa shape index (κ3) is 6.27. The second-order valence-corrected chi connectivity index (χ2v) is 8.99. The fraction of sp³-hybridized carbons (Fsp3) is 0.500. The molecule has 10 nitrogen and oxygen atoms in total. The quantitative estimate of drug-likeness (QED) is 0.542. The van der Waals surface area contributed by atoms with Crippen molar-refractivity contribution in [2.75, 3.05) is 37.4 Å². The van der Waals surface area contributed by atoms with Crippen LogP contribution in [0.1, 0.15) is 45.0 Å². The number of anilines is 2. The lowest BCUT2D eigenvalue weighted by Gasteiger charge is -2.28. The lowest BCUT2D eigenvalue weighted by atomic mass is 10.1. The first kappa shape index (κ1) is 26.7. The number of benzene rings is 1. The molecule has 0 atom stereocenters. The maximum absolute atomic E-state index is 13.4. The van der Waals surface area contributed by atoms with Crippen molar-refractivity contribution in [1.82, 2.24) is 14.5 Å². The van der Waals surface area contributed by atoms with Gasteiger partial charge < -0.3 is 20.3 Å². The van der Waals surface area contributed by atoms with Crippen molar-refractivity contribution in [3.63, 3.8) is 0 Å². The number of nitrogens with one attached hydrogen (secondary N) is 1. The summed E-state index contributed by atoms with van der Waals surface area (Å²) in [7, 11) is 1.50. The van der Waals surface area contributed by atoms with Gasteiger partial charge in [0.2, 0.25) is 5.91 Å². The summed E-state index contributed by atoms with van der Waals surface area (Å²) in [6.07, 6.45) is 0. The molecule has 1 aromatic carbocycles. The number of para-hydroxylation sites is 1. The van der Waals surface area contributed by atoms with Gasteiger partial charge in [0.05, 0.1) is 12.2 Å². The van der Waals surface area contributed by atoms with Crippen molar-refractivity contribution < 1.29 is 14.3 Å². The third-order valence-corrected chi connectivity index (χ3v) is 5.02. The normalized spacial score (nSPS) is 11.1. The number of likely N-dealkylation sites (N-methyl/N-ethyl adjacent to an activating group) is 1. The minimum atomic E-state index is -0.743. The lowest BCUT2D eigenvalue weighted by molar-refractivity contribution is -0.119. The van der Waals surface area contributed by atoms with Gasteiger partial charge in [0, 0.05) is 20.1 Å². The fourth-order valence-corrected chi connectivity index (χ4v) is 3.56. The van der Waals surface area contributed by atoms with E-state index in [-0.39, 0.29) is 43.0 Å². The molecule has 0 aliphatic carbocycles. The number of hydrogen-bond donors (Lipinski definition) is 2. The molecule has 1 aromatic heterocycles. The van der Waals surface area contributed by atoms with Gasteiger partial charge in [0.25, 0.3) is 11.5 Å². The van der Waals surface area contributed by atoms with E-state index in [0.717, 1.165) is 0 Å². The Morgan fingerprint density at radius 3 is 2.35 bits per heavy atom. The smallest absolute Gasteiger partial charge is 0.330 e. The number of carbonyl (C=O) groups excluding carboxylic acids is 2. The van der Waals surface area contributed by atoms with E-state index in [0.29, 0.717) is 17.9 Å². The first-order valence-corrected chi connectivity index (χ1v) is 11.4. The number of carbonyl (C=O) groups is 2. The summed E-state index contributed by atoms with van der Waals surface area (Å²) >= 11 is 0. The number of ether oxygens (including phenoxy) is 1. The molecule has 1 heterocycles. The molecule has 0 saturated carbocycles. The molecule has 0 aliphatic rings. The van der Waals surface area contributed by atoms with Gasteiger partial charge in [-0.1, -0.05) is 39.8 Å². The van der Waals surface area contributed by atoms with E-state index >= 15 is 0 Å². The van der Waals surface area contributed by atoms with Crippen LogP contribution in [0.3, 0.4) is 0 Å². The first-order chi connectivity index (χ1) is 16.0. The van der Waals surface area contributed by atoms with E-state index < -0.39 is 23.1 Å². The second kappa shape index (κ2) is 11.5. The highest BCUT2D eigenvalue weighted by Gasteiger charge is 2.27. The molecule has 0 unspecified atom stereocenters. The van der Waals surface area contributed by atoms with Crippen molar-refractivity contribution in [3.8, 4) is 5.75 Å². The summed E-state index contributed by atoms with van der Waals surface area (Å²) in [6, 6.07) is 6.80. The predicted molar refractivity (Wildman–Crippen MR) is 132 cm³/mol. The van der Waals surface area contributed by atoms with E-state index in [9.17, 15) is 19.2 Å². The Morgan fingerprint density at radius 1 is 1.12 bits per heavy atom. The Labute approximate surface area is 199 Å². The van der Waals surface area contributed by atoms with E-state index in [4.69, 9.17) is 10.5 Å². The largest absolute Gasteiger partial charge is 0.493 e. The SMILES string of the molecule is CCOc1ccccc1C(=O)N(C)CC(=O)N(CC(C)C)c1c(N)n(CC(C)C)c(=O)[nH]c1=O. The Hall–Kier alpha value is -3.56. The Kier molecular flexibility index (Phi) is 9.05. The van der Waals surface area contributed by atoms with Crippen LogP contribution in [-0.2, 0) is 11.3 Å². The molecule has 10 heteroatoms. The summed E-state index contributed by atoms with van der Waals surface area (Å²) in [5.41, 5.74) is 5.11. The molecule has 34 heavy (non-hydrogen) atoms. The van der Waals surface area contributed by atoms with E-state index in [1.807, 2.05) is 34.6 Å². The zero-order chi connectivity index (χ0) is 25.6. The van der Waals surface area contributed by atoms with Crippen LogP contribution in [0.5, 0.6) is 5.75 Å². The maximum atomic E-state index is 13.4. The maximum Gasteiger partial charge on any atom is 0.330 e. The monoisotopic (exact) mass is 473 g/mol. The van der Waals surface area contributed by atoms with Crippen LogP contribution in [0.2, 0.25) is 0 Å². The van der Waals surface area contributed by atoms with Crippen LogP contribution in [0.25, 0.3) is 0 Å². The number of amides is 2. The summed E-state index contributed by atoms with van der Waals surface area (Å²) in [5, 5.41) is 0. The van der Waals surface area contributed by atoms with Gasteiger partial charge in [-0.05, 0) is 30.9 Å². The zero-order valence-electron chi connectivity index (χ0n) is 20.8. The number of aromatic nitrogens is 2. The molecule has 0 saturated heterocycles. The average Bonchev–Trinajstić information content (AvgIpc) is 2.75. The highest BCUT2D eigenvalue weighted by molar-refractivity contribution is 6.02. The molecular weight excluding hydrogens is 438 g/mol. The summed E-state index contributed by atoms with van der Waals surface area (Å²) in [5.74, 6) is -0.462. The molecule has 2 amide bonds. The molecular formula is C24H35N5O5. The van der Waals surface area contributed by atoms with Crippen molar-refractivity contribution >= 4 is 23.3 Å². The number of rotatable bonds is 10. The standard InChI is InChI=1S/C24H35N5O5/c1-7-34-18-11-9-8-10-17(18)23(32)27(6)14-19(30)28(12-15(2)3)20-21(25)29(13-16(4)5)24(33)26-22(20)31/h8-11,15-16H,7,12-14,25H2,1-6H3,(H,26,31,33). The third-order valence-electron chi connectivity index (χ3n) is 5.02. The number of nitrogen functional groups attached to an aromatic ring is 1. The number of nitrogens with zero attached hydrogens (tertiary/aromatic N) is 3. The van der Waals surface area contributed by atoms with Gasteiger partial charge in [0.1, 0.15) is 18.1 Å². The summed E-state index contributed by atoms with van der Waals surface area (Å²) < 4.78 is 6.79. The van der Waals surface area contributed by atoms with Gasteiger partial charge in [-0.2, -0.15) is 0 Å². The minimum absolute atomic E-state index is 0.00656. The van der Waals surface area contributed by atoms with Crippen molar-refractivity contribution in [2.45, 2.75) is 41.2 Å². The van der Waals surface area contributed by atoms with Gasteiger partial charge in [-0.3, -0.25) is 23.9 Å². The molecule has 2 aromatic rings. The van der Waals surface area contributed by atoms with Crippen LogP contribution in [-0.4, -0.2) is 53.0 Å². The number of hydrogen-bond acceptors (Lipinski definition) is 6. The molecule has 0 fully saturated rings. The topological polar surface area (TPSA) is 131 Å². The van der Waals surface area contributed by atoms with Crippen LogP contribution in [0, 0.1) is 11.8 Å². The highest BCUT2D eigenvalue weighted by Crippen LogP contribution is 2.22. The van der Waals surface area contributed by atoms with Crippen molar-refractivity contribution in [3.05, 3.63) is 50.7 Å². The molecule has 2 rings (SSSR count). The molecule has 0 aliphatic heterocycles. The van der Waals surface area contributed by atoms with Crippen LogP contribution >= 0.6 is 0 Å². The fourth-order valence-electron chi connectivity index (χ4n) is 3.56. The second-order valence-electron chi connectivity index (χ2n) is 8.99. The zero-order valence-corrected chi connectivity index (χ0v) is 20.8. The van der Waals surface area contributed by atoms with Crippen LogP contribution in [0.15, 0.2) is 33.9 Å². The average molecular weight is 474 g/mol. The minimum Gasteiger partial charge on any atom is -0.493 e. The van der Waals surface area contributed by atoms with Gasteiger partial charge in [-0.15, -0.1) is 0 Å². The van der Waals surface area contributed by atoms with Crippen molar-refractivity contribution in [2.24, 2.45) is 11.8 Å². The molecule has 0 radical (unpaired) electrons. The number of nitrogens with two attached hydrogens (primary N) is 1. The lowest BCUT2D eigenvalue weighted by Crippen LogP contribution is -2.47. The Morgan fingerprint density at radius 2 is 1.76 bits per heavy atom. The summed E-state index contributed by atoms with van der Waals surface area (Å²) in [6.45, 7) is 9.98. The Bertz CT molecular complexity index is 1140. The predicted octanol–water partition coefficient (Wildman–Crippen LogP) is 1.93. The van der Waals surface area contributed by atoms with Crippen LogP contribution < -0.4 is 26.6 Å². The van der Waals surface area contributed by atoms with Crippen molar-refractivity contribution in [1.29, 1.82) is 0 Å². The molecule has 0 spiro atoms. The summed E-state index contributed by atoms with van der Waals surface area (Å²) in [4.78, 5) is 56.3. The van der Waals surface area contributed by atoms with E-state index in [1.165, 1.54) is 21.4 Å². The van der Waals surface area contributed by atoms with E-state index in [1.54, 1.807) is 24.3 Å². The Balaban J connectivity index is 2.42. The number of aromatic amines is 1. The first-order valence-electron chi connectivity index (χ1n) is 11.4. The van der Waals surface area contributed by atoms with Gasteiger partial charge in [-0.25, -0.2) is 4.79 Å². The van der Waals surface area contributed by atoms with Crippen LogP contribution in [0.4, 0.5) is 11.5 Å². The highest BCUT2D eigenvalue weighted by atomic mass is 16.5. The van der Waals surface area contributed by atoms with Gasteiger partial charge in [0.15, 0.2) is 5.69 Å². The number of H-pyrrole nitrogens is 1. The van der Waals surface area contributed by atoms with E-state index in [2.05, 4.69) is 4.98 Å². The molecule has 3 N–H and O–H groups in total.